The first-order valence-electron chi connectivity index (χ1n) is 9.10. The Labute approximate surface area is 164 Å². The maximum Gasteiger partial charge on any atom is 0.471 e. The predicted molar refractivity (Wildman–Crippen MR) is 96.1 cm³/mol. The van der Waals surface area contributed by atoms with Gasteiger partial charge in [0.25, 0.3) is 5.56 Å². The number of hydrogen-bond acceptors (Lipinski definition) is 5. The van der Waals surface area contributed by atoms with Crippen molar-refractivity contribution in [1.29, 1.82) is 0 Å². The number of H-pyrrole nitrogens is 1. The molecule has 1 amide bonds. The van der Waals surface area contributed by atoms with Crippen LogP contribution in [0.4, 0.5) is 13.2 Å². The first kappa shape index (κ1) is 22.7. The van der Waals surface area contributed by atoms with Crippen LogP contribution in [0.1, 0.15) is 38.0 Å². The molecule has 0 bridgehead atoms. The van der Waals surface area contributed by atoms with Crippen molar-refractivity contribution in [2.24, 2.45) is 0 Å². The Morgan fingerprint density at radius 2 is 2.14 bits per heavy atom. The van der Waals surface area contributed by atoms with Crippen LogP contribution in [0.5, 0.6) is 0 Å². The van der Waals surface area contributed by atoms with E-state index >= 15 is 0 Å². The van der Waals surface area contributed by atoms with E-state index in [1.807, 2.05) is 6.92 Å². The Bertz CT molecular complexity index is 882. The molecule has 1 aromatic heterocycles. The second-order valence-corrected chi connectivity index (χ2v) is 6.36. The van der Waals surface area contributed by atoms with Gasteiger partial charge in [0.15, 0.2) is 0 Å². The zero-order valence-corrected chi connectivity index (χ0v) is 15.8. The largest absolute Gasteiger partial charge is 0.471 e. The van der Waals surface area contributed by atoms with E-state index in [1.165, 1.54) is 10.8 Å². The molecule has 2 atom stereocenters. The Hall–Kier alpha value is -2.58. The van der Waals surface area contributed by atoms with Crippen LogP contribution in [0, 0.1) is 11.8 Å². The summed E-state index contributed by atoms with van der Waals surface area (Å²) in [6.45, 7) is 1.48. The summed E-state index contributed by atoms with van der Waals surface area (Å²) in [7, 11) is 0. The lowest BCUT2D eigenvalue weighted by atomic mass is 10.2. The summed E-state index contributed by atoms with van der Waals surface area (Å²) in [5.41, 5.74) is -0.794. The summed E-state index contributed by atoms with van der Waals surface area (Å²) in [4.78, 5) is 36.8. The van der Waals surface area contributed by atoms with Gasteiger partial charge in [-0.25, -0.2) is 4.79 Å². The third kappa shape index (κ3) is 6.76. The number of aromatic nitrogens is 2. The Kier molecular flexibility index (Phi) is 8.04. The van der Waals surface area contributed by atoms with Gasteiger partial charge in [-0.15, -0.1) is 0 Å². The Balaban J connectivity index is 1.82. The van der Waals surface area contributed by atoms with Crippen molar-refractivity contribution in [3.8, 4) is 11.8 Å². The fraction of sp³-hybridized carbons (Fsp3) is 0.611. The summed E-state index contributed by atoms with van der Waals surface area (Å²) >= 11 is 0. The number of ether oxygens (including phenoxy) is 2. The molecule has 1 fully saturated rings. The molecule has 0 saturated carbocycles. The molecule has 1 aliphatic heterocycles. The molecule has 8 nitrogen and oxygen atoms in total. The molecule has 0 aromatic carbocycles. The van der Waals surface area contributed by atoms with Gasteiger partial charge in [0.2, 0.25) is 0 Å². The molecule has 1 saturated heterocycles. The monoisotopic (exact) mass is 417 g/mol. The van der Waals surface area contributed by atoms with Crippen molar-refractivity contribution in [3.05, 3.63) is 32.6 Å². The minimum Gasteiger partial charge on any atom is -0.367 e. The topological polar surface area (TPSA) is 102 Å². The number of rotatable bonds is 7. The number of amides is 1. The maximum absolute atomic E-state index is 12.0. The molecule has 160 valence electrons. The van der Waals surface area contributed by atoms with Gasteiger partial charge in [0.1, 0.15) is 12.8 Å². The predicted octanol–water partition coefficient (Wildman–Crippen LogP) is 0.865. The molecule has 2 rings (SSSR count). The van der Waals surface area contributed by atoms with E-state index in [0.29, 0.717) is 6.42 Å². The summed E-state index contributed by atoms with van der Waals surface area (Å²) in [5, 5.41) is 1.67. The SMILES string of the molecule is CC[C@@H]1CC[C@H](n2cc(CC#CCOCCNC(=O)C(F)(F)F)c(=O)[nH]c2=O)O1. The lowest BCUT2D eigenvalue weighted by molar-refractivity contribution is -0.173. The van der Waals surface area contributed by atoms with Crippen molar-refractivity contribution in [1.82, 2.24) is 14.9 Å². The number of hydrogen-bond donors (Lipinski definition) is 2. The molecule has 29 heavy (non-hydrogen) atoms. The van der Waals surface area contributed by atoms with E-state index in [9.17, 15) is 27.6 Å². The summed E-state index contributed by atoms with van der Waals surface area (Å²) < 4.78 is 48.1. The fourth-order valence-corrected chi connectivity index (χ4v) is 2.73. The van der Waals surface area contributed by atoms with Crippen molar-refractivity contribution in [3.63, 3.8) is 0 Å². The Morgan fingerprint density at radius 1 is 1.38 bits per heavy atom. The van der Waals surface area contributed by atoms with Crippen molar-refractivity contribution >= 4 is 5.91 Å². The average molecular weight is 417 g/mol. The van der Waals surface area contributed by atoms with Gasteiger partial charge in [-0.1, -0.05) is 18.8 Å². The molecule has 2 heterocycles. The highest BCUT2D eigenvalue weighted by Gasteiger charge is 2.38. The third-order valence-electron chi connectivity index (χ3n) is 4.26. The number of nitrogens with one attached hydrogen (secondary N) is 2. The molecule has 0 aliphatic carbocycles. The van der Waals surface area contributed by atoms with Gasteiger partial charge in [0, 0.05) is 24.7 Å². The quantitative estimate of drug-likeness (QED) is 0.506. The van der Waals surface area contributed by atoms with Crippen LogP contribution in [0.3, 0.4) is 0 Å². The zero-order valence-electron chi connectivity index (χ0n) is 15.8. The van der Waals surface area contributed by atoms with Crippen molar-refractivity contribution in [2.45, 2.75) is 51.1 Å². The van der Waals surface area contributed by atoms with E-state index in [1.54, 1.807) is 5.32 Å². The number of carbonyl (C=O) groups excluding carboxylic acids is 1. The second-order valence-electron chi connectivity index (χ2n) is 6.36. The molecule has 11 heteroatoms. The van der Waals surface area contributed by atoms with Crippen LogP contribution < -0.4 is 16.6 Å². The van der Waals surface area contributed by atoms with E-state index in [-0.39, 0.29) is 37.8 Å². The number of aromatic amines is 1. The van der Waals surface area contributed by atoms with E-state index in [0.717, 1.165) is 12.8 Å². The van der Waals surface area contributed by atoms with Crippen molar-refractivity contribution < 1.29 is 27.4 Å². The number of carbonyl (C=O) groups is 1. The van der Waals surface area contributed by atoms with Crippen LogP contribution in [-0.2, 0) is 20.7 Å². The number of alkyl halides is 3. The first-order chi connectivity index (χ1) is 13.7. The first-order valence-corrected chi connectivity index (χ1v) is 9.10. The summed E-state index contributed by atoms with van der Waals surface area (Å²) in [6, 6.07) is 0. The van der Waals surface area contributed by atoms with Gasteiger partial charge < -0.3 is 14.8 Å². The zero-order chi connectivity index (χ0) is 21.4. The lowest BCUT2D eigenvalue weighted by Gasteiger charge is -2.15. The highest BCUT2D eigenvalue weighted by atomic mass is 19.4. The normalized spacial score (nSPS) is 18.9. The van der Waals surface area contributed by atoms with Crippen LogP contribution >= 0.6 is 0 Å². The fourth-order valence-electron chi connectivity index (χ4n) is 2.73. The van der Waals surface area contributed by atoms with Gasteiger partial charge in [0.05, 0.1) is 12.7 Å². The van der Waals surface area contributed by atoms with E-state index in [4.69, 9.17) is 9.47 Å². The van der Waals surface area contributed by atoms with E-state index in [2.05, 4.69) is 16.8 Å². The highest BCUT2D eigenvalue weighted by Crippen LogP contribution is 2.28. The molecule has 0 radical (unpaired) electrons. The minimum atomic E-state index is -4.93. The second kappa shape index (κ2) is 10.3. The molecule has 0 unspecified atom stereocenters. The van der Waals surface area contributed by atoms with Gasteiger partial charge in [-0.3, -0.25) is 19.1 Å². The smallest absolute Gasteiger partial charge is 0.367 e. The standard InChI is InChI=1S/C18H22F3N3O5/c1-2-13-6-7-14(29-13)24-11-12(15(25)23-17(24)27)5-3-4-9-28-10-8-22-16(26)18(19,20)21/h11,13-14H,2,5-10H2,1H3,(H,22,26)(H,23,25,27)/t13-,14-/m1/s1. The van der Waals surface area contributed by atoms with Crippen LogP contribution in [-0.4, -0.2) is 47.5 Å². The maximum atomic E-state index is 12.0. The van der Waals surface area contributed by atoms with Crippen LogP contribution in [0.2, 0.25) is 0 Å². The highest BCUT2D eigenvalue weighted by molar-refractivity contribution is 5.81. The van der Waals surface area contributed by atoms with Crippen LogP contribution in [0.15, 0.2) is 15.8 Å². The number of halogens is 3. The Morgan fingerprint density at radius 3 is 2.79 bits per heavy atom. The molecule has 1 aromatic rings. The van der Waals surface area contributed by atoms with E-state index < -0.39 is 29.6 Å². The molecule has 2 N–H and O–H groups in total. The summed E-state index contributed by atoms with van der Waals surface area (Å²) in [6.07, 6.45) is -1.42. The lowest BCUT2D eigenvalue weighted by Crippen LogP contribution is -2.38. The van der Waals surface area contributed by atoms with Gasteiger partial charge in [-0.05, 0) is 19.3 Å². The van der Waals surface area contributed by atoms with Crippen molar-refractivity contribution in [2.75, 3.05) is 19.8 Å². The molecular weight excluding hydrogens is 395 g/mol. The average Bonchev–Trinajstić information content (AvgIpc) is 3.13. The van der Waals surface area contributed by atoms with Gasteiger partial charge >= 0.3 is 17.8 Å². The molecule has 0 spiro atoms. The third-order valence-corrected chi connectivity index (χ3v) is 4.26. The molecular formula is C18H22F3N3O5. The molecule has 1 aliphatic rings. The summed E-state index contributed by atoms with van der Waals surface area (Å²) in [5.74, 6) is 3.30. The number of nitrogens with zero attached hydrogens (tertiary/aromatic N) is 1. The minimum absolute atomic E-state index is 0.0632. The van der Waals surface area contributed by atoms with Gasteiger partial charge in [-0.2, -0.15) is 13.2 Å². The van der Waals surface area contributed by atoms with Crippen LogP contribution in [0.25, 0.3) is 0 Å².